The second-order valence-corrected chi connectivity index (χ2v) is 8.28. The zero-order valence-electron chi connectivity index (χ0n) is 18.8. The van der Waals surface area contributed by atoms with Gasteiger partial charge in [-0.2, -0.15) is 0 Å². The third kappa shape index (κ3) is 5.02. The van der Waals surface area contributed by atoms with Gasteiger partial charge in [0.25, 0.3) is 17.7 Å². The van der Waals surface area contributed by atoms with Gasteiger partial charge in [0, 0.05) is 11.3 Å². The molecule has 0 fully saturated rings. The van der Waals surface area contributed by atoms with Gasteiger partial charge in [0.2, 0.25) is 0 Å². The van der Waals surface area contributed by atoms with Gasteiger partial charge in [-0.3, -0.25) is 14.4 Å². The summed E-state index contributed by atoms with van der Waals surface area (Å²) in [7, 11) is 0. The molecule has 0 saturated heterocycles. The lowest BCUT2D eigenvalue weighted by Gasteiger charge is -2.16. The molecule has 0 aliphatic carbocycles. The van der Waals surface area contributed by atoms with Crippen molar-refractivity contribution in [1.82, 2.24) is 0 Å². The molecular weight excluding hydrogens is 473 g/mol. The fourth-order valence-corrected chi connectivity index (χ4v) is 3.65. The number of carbonyl (C=O) groups is 3. The van der Waals surface area contributed by atoms with Crippen molar-refractivity contribution >= 4 is 46.4 Å². The number of ether oxygens (including phenoxy) is 1. The molecule has 0 bridgehead atoms. The second-order valence-electron chi connectivity index (χ2n) is 7.91. The minimum Gasteiger partial charge on any atom is -0.489 e. The van der Waals surface area contributed by atoms with Gasteiger partial charge in [0.05, 0.1) is 17.5 Å². The van der Waals surface area contributed by atoms with E-state index in [0.29, 0.717) is 27.6 Å². The van der Waals surface area contributed by atoms with E-state index >= 15 is 0 Å². The summed E-state index contributed by atoms with van der Waals surface area (Å²) in [5.74, 6) is -2.14. The summed E-state index contributed by atoms with van der Waals surface area (Å²) in [6.45, 7) is 3.79. The van der Waals surface area contributed by atoms with Crippen LogP contribution in [0.25, 0.3) is 0 Å². The van der Waals surface area contributed by atoms with E-state index < -0.39 is 17.6 Å². The quantitative estimate of drug-likeness (QED) is 0.436. The first-order valence-corrected chi connectivity index (χ1v) is 11.1. The molecule has 3 aromatic carbocycles. The first-order chi connectivity index (χ1) is 16.8. The van der Waals surface area contributed by atoms with Gasteiger partial charge in [-0.15, -0.1) is 0 Å². The Morgan fingerprint density at radius 1 is 0.943 bits per heavy atom. The molecule has 3 amide bonds. The van der Waals surface area contributed by atoms with Gasteiger partial charge >= 0.3 is 0 Å². The molecular formula is C26H21ClFN3O4. The van der Waals surface area contributed by atoms with E-state index in [1.54, 1.807) is 42.5 Å². The van der Waals surface area contributed by atoms with E-state index in [-0.39, 0.29) is 28.4 Å². The lowest BCUT2D eigenvalue weighted by atomic mass is 10.1. The Hall–Kier alpha value is -4.17. The van der Waals surface area contributed by atoms with Gasteiger partial charge in [0.15, 0.2) is 0 Å². The summed E-state index contributed by atoms with van der Waals surface area (Å²) < 4.78 is 19.9. The van der Waals surface area contributed by atoms with E-state index in [1.807, 2.05) is 19.9 Å². The molecule has 7 nitrogen and oxygen atoms in total. The minimum atomic E-state index is -0.831. The average Bonchev–Trinajstić information content (AvgIpc) is 3.04. The molecule has 1 aliphatic rings. The molecule has 0 aromatic heterocycles. The van der Waals surface area contributed by atoms with Crippen LogP contribution < -0.4 is 20.3 Å². The maximum atomic E-state index is 14.2. The standard InChI is InChI=1S/C26H21ClFN3O4/c1-15(2)35-21-10-6-4-8-19(21)30-24(32)16-11-13-17(14-12-16)29-23-22(27)25(33)31(26(23)34)20-9-5-3-7-18(20)28/h3-15,29H,1-2H3,(H,30,32). The Morgan fingerprint density at radius 3 is 2.29 bits per heavy atom. The normalized spacial score (nSPS) is 13.5. The third-order valence-electron chi connectivity index (χ3n) is 5.04. The van der Waals surface area contributed by atoms with Crippen molar-refractivity contribution in [3.63, 3.8) is 0 Å². The van der Waals surface area contributed by atoms with Crippen molar-refractivity contribution in [3.05, 3.63) is 94.9 Å². The van der Waals surface area contributed by atoms with Crippen LogP contribution in [0.2, 0.25) is 0 Å². The fraction of sp³-hybridized carbons (Fsp3) is 0.115. The molecule has 0 atom stereocenters. The predicted molar refractivity (Wildman–Crippen MR) is 132 cm³/mol. The molecule has 35 heavy (non-hydrogen) atoms. The van der Waals surface area contributed by atoms with Crippen LogP contribution in [-0.4, -0.2) is 23.8 Å². The zero-order valence-corrected chi connectivity index (χ0v) is 19.6. The highest BCUT2D eigenvalue weighted by molar-refractivity contribution is 6.53. The Kier molecular flexibility index (Phi) is 6.84. The van der Waals surface area contributed by atoms with E-state index in [0.717, 1.165) is 6.07 Å². The van der Waals surface area contributed by atoms with Crippen LogP contribution in [0.15, 0.2) is 83.5 Å². The molecule has 4 rings (SSSR count). The maximum absolute atomic E-state index is 14.2. The second kappa shape index (κ2) is 9.99. The van der Waals surface area contributed by atoms with Gasteiger partial charge in [0.1, 0.15) is 22.3 Å². The maximum Gasteiger partial charge on any atom is 0.283 e. The molecule has 0 spiro atoms. The lowest BCUT2D eigenvalue weighted by Crippen LogP contribution is -2.33. The molecule has 0 saturated carbocycles. The Balaban J connectivity index is 1.48. The summed E-state index contributed by atoms with van der Waals surface area (Å²) in [4.78, 5) is 38.8. The Bertz CT molecular complexity index is 1340. The van der Waals surface area contributed by atoms with Gasteiger partial charge in [-0.25, -0.2) is 9.29 Å². The largest absolute Gasteiger partial charge is 0.489 e. The van der Waals surface area contributed by atoms with Crippen LogP contribution in [0.5, 0.6) is 5.75 Å². The number of amides is 3. The number of para-hydroxylation sites is 3. The summed E-state index contributed by atoms with van der Waals surface area (Å²) >= 11 is 6.10. The van der Waals surface area contributed by atoms with Crippen molar-refractivity contribution in [2.24, 2.45) is 0 Å². The molecule has 0 radical (unpaired) electrons. The highest BCUT2D eigenvalue weighted by Crippen LogP contribution is 2.31. The van der Waals surface area contributed by atoms with Crippen molar-refractivity contribution in [2.75, 3.05) is 15.5 Å². The molecule has 0 unspecified atom stereocenters. The number of nitrogens with zero attached hydrogens (tertiary/aromatic N) is 1. The average molecular weight is 494 g/mol. The number of nitrogens with one attached hydrogen (secondary N) is 2. The van der Waals surface area contributed by atoms with E-state index in [4.69, 9.17) is 16.3 Å². The van der Waals surface area contributed by atoms with Crippen molar-refractivity contribution < 1.29 is 23.5 Å². The van der Waals surface area contributed by atoms with E-state index in [1.165, 1.54) is 18.2 Å². The monoisotopic (exact) mass is 493 g/mol. The minimum absolute atomic E-state index is 0.0565. The van der Waals surface area contributed by atoms with E-state index in [2.05, 4.69) is 10.6 Å². The number of hydrogen-bond acceptors (Lipinski definition) is 5. The summed E-state index contributed by atoms with van der Waals surface area (Å²) in [5.41, 5.74) is 0.934. The highest BCUT2D eigenvalue weighted by atomic mass is 35.5. The molecule has 2 N–H and O–H groups in total. The lowest BCUT2D eigenvalue weighted by molar-refractivity contribution is -0.120. The van der Waals surface area contributed by atoms with Crippen LogP contribution in [0.3, 0.4) is 0 Å². The molecule has 178 valence electrons. The third-order valence-corrected chi connectivity index (χ3v) is 5.39. The number of benzene rings is 3. The number of halogens is 2. The van der Waals surface area contributed by atoms with E-state index in [9.17, 15) is 18.8 Å². The molecule has 1 aliphatic heterocycles. The molecule has 1 heterocycles. The number of anilines is 3. The molecule has 3 aromatic rings. The summed E-state index contributed by atoms with van der Waals surface area (Å²) in [6, 6.07) is 18.8. The van der Waals surface area contributed by atoms with Gasteiger partial charge in [-0.1, -0.05) is 35.9 Å². The van der Waals surface area contributed by atoms with Gasteiger partial charge in [-0.05, 0) is 62.4 Å². The number of rotatable bonds is 7. The number of imide groups is 1. The smallest absolute Gasteiger partial charge is 0.283 e. The first-order valence-electron chi connectivity index (χ1n) is 10.7. The van der Waals surface area contributed by atoms with Crippen molar-refractivity contribution in [1.29, 1.82) is 0 Å². The molecule has 9 heteroatoms. The summed E-state index contributed by atoms with van der Waals surface area (Å²) in [5, 5.41) is 5.26. The summed E-state index contributed by atoms with van der Waals surface area (Å²) in [6.07, 6.45) is -0.0565. The SMILES string of the molecule is CC(C)Oc1ccccc1NC(=O)c1ccc(NC2=C(Cl)C(=O)N(c3ccccc3F)C2=O)cc1. The number of carbonyl (C=O) groups excluding carboxylic acids is 3. The van der Waals surface area contributed by atoms with Crippen molar-refractivity contribution in [3.8, 4) is 5.75 Å². The fourth-order valence-electron chi connectivity index (χ4n) is 3.43. The predicted octanol–water partition coefficient (Wildman–Crippen LogP) is 5.30. The van der Waals surface area contributed by atoms with Crippen LogP contribution >= 0.6 is 11.6 Å². The zero-order chi connectivity index (χ0) is 25.1. The topological polar surface area (TPSA) is 87.7 Å². The van der Waals surface area contributed by atoms with Crippen molar-refractivity contribution in [2.45, 2.75) is 20.0 Å². The number of hydrogen-bond donors (Lipinski definition) is 2. The Labute approximate surface area is 206 Å². The van der Waals surface area contributed by atoms with Crippen LogP contribution in [-0.2, 0) is 9.59 Å². The van der Waals surface area contributed by atoms with Gasteiger partial charge < -0.3 is 15.4 Å². The highest BCUT2D eigenvalue weighted by Gasteiger charge is 2.40. The van der Waals surface area contributed by atoms with Crippen LogP contribution in [0.4, 0.5) is 21.5 Å². The first kappa shape index (κ1) is 24.0. The van der Waals surface area contributed by atoms with Crippen LogP contribution in [0.1, 0.15) is 24.2 Å². The Morgan fingerprint density at radius 2 is 1.60 bits per heavy atom. The van der Waals surface area contributed by atoms with Crippen LogP contribution in [0, 0.1) is 5.82 Å².